The second kappa shape index (κ2) is 4.72. The number of methoxy groups -OCH3 is 1. The Labute approximate surface area is 92.2 Å². The van der Waals surface area contributed by atoms with Crippen molar-refractivity contribution in [2.45, 2.75) is 18.8 Å². The highest BCUT2D eigenvalue weighted by Gasteiger charge is 2.20. The van der Waals surface area contributed by atoms with Crippen LogP contribution in [0.2, 0.25) is 0 Å². The summed E-state index contributed by atoms with van der Waals surface area (Å²) >= 11 is 1.43. The summed E-state index contributed by atoms with van der Waals surface area (Å²) in [5, 5.41) is 1.03. The standard InChI is InChI=1S/C10H13NO3S/c1-13-10(12)8-6-11-9(15-8)7-2-4-14-5-3-7/h6-7H,2-5H2,1H3. The van der Waals surface area contributed by atoms with Crippen LogP contribution < -0.4 is 0 Å². The van der Waals surface area contributed by atoms with Crippen molar-refractivity contribution >= 4 is 17.3 Å². The van der Waals surface area contributed by atoms with Gasteiger partial charge in [0.1, 0.15) is 4.88 Å². The van der Waals surface area contributed by atoms with Crippen molar-refractivity contribution in [2.75, 3.05) is 20.3 Å². The van der Waals surface area contributed by atoms with Crippen LogP contribution in [0.5, 0.6) is 0 Å². The van der Waals surface area contributed by atoms with Gasteiger partial charge < -0.3 is 9.47 Å². The summed E-state index contributed by atoms with van der Waals surface area (Å²) in [6, 6.07) is 0. The van der Waals surface area contributed by atoms with Gasteiger partial charge in [0.25, 0.3) is 0 Å². The summed E-state index contributed by atoms with van der Waals surface area (Å²) in [4.78, 5) is 16.1. The van der Waals surface area contributed by atoms with Crippen LogP contribution in [-0.2, 0) is 9.47 Å². The molecule has 82 valence electrons. The summed E-state index contributed by atoms with van der Waals surface area (Å²) in [5.74, 6) is 0.146. The van der Waals surface area contributed by atoms with Crippen molar-refractivity contribution < 1.29 is 14.3 Å². The largest absolute Gasteiger partial charge is 0.465 e. The summed E-state index contributed by atoms with van der Waals surface area (Å²) < 4.78 is 9.93. The molecule has 15 heavy (non-hydrogen) atoms. The molecule has 0 unspecified atom stereocenters. The van der Waals surface area contributed by atoms with Gasteiger partial charge in [-0.1, -0.05) is 0 Å². The number of hydrogen-bond acceptors (Lipinski definition) is 5. The summed E-state index contributed by atoms with van der Waals surface area (Å²) in [7, 11) is 1.39. The Morgan fingerprint density at radius 2 is 2.33 bits per heavy atom. The number of ether oxygens (including phenoxy) is 2. The molecule has 1 fully saturated rings. The number of thiazole rings is 1. The van der Waals surface area contributed by atoms with Gasteiger partial charge in [-0.05, 0) is 12.8 Å². The van der Waals surface area contributed by atoms with Crippen LogP contribution in [0.15, 0.2) is 6.20 Å². The number of nitrogens with zero attached hydrogens (tertiary/aromatic N) is 1. The predicted molar refractivity (Wildman–Crippen MR) is 56.2 cm³/mol. The highest BCUT2D eigenvalue weighted by Crippen LogP contribution is 2.30. The average molecular weight is 227 g/mol. The first-order valence-electron chi connectivity index (χ1n) is 4.93. The monoisotopic (exact) mass is 227 g/mol. The number of hydrogen-bond donors (Lipinski definition) is 0. The molecule has 2 heterocycles. The number of rotatable bonds is 2. The molecule has 2 rings (SSSR count). The molecule has 1 saturated heterocycles. The lowest BCUT2D eigenvalue weighted by Gasteiger charge is -2.19. The van der Waals surface area contributed by atoms with Gasteiger partial charge in [0.05, 0.1) is 18.3 Å². The molecule has 4 nitrogen and oxygen atoms in total. The van der Waals surface area contributed by atoms with Crippen LogP contribution in [0.1, 0.15) is 33.4 Å². The van der Waals surface area contributed by atoms with Crippen LogP contribution in [0.4, 0.5) is 0 Å². The van der Waals surface area contributed by atoms with Crippen molar-refractivity contribution in [1.82, 2.24) is 4.98 Å². The Morgan fingerprint density at radius 3 is 3.00 bits per heavy atom. The minimum absolute atomic E-state index is 0.300. The average Bonchev–Trinajstić information content (AvgIpc) is 2.78. The fraction of sp³-hybridized carbons (Fsp3) is 0.600. The molecule has 5 heteroatoms. The van der Waals surface area contributed by atoms with Gasteiger partial charge in [-0.15, -0.1) is 11.3 Å². The van der Waals surface area contributed by atoms with E-state index in [2.05, 4.69) is 9.72 Å². The molecule has 1 aliphatic heterocycles. The topological polar surface area (TPSA) is 48.4 Å². The minimum Gasteiger partial charge on any atom is -0.465 e. The maximum absolute atomic E-state index is 11.2. The van der Waals surface area contributed by atoms with E-state index in [0.717, 1.165) is 31.1 Å². The van der Waals surface area contributed by atoms with Gasteiger partial charge in [0.2, 0.25) is 0 Å². The van der Waals surface area contributed by atoms with E-state index in [1.165, 1.54) is 18.4 Å². The molecule has 0 spiro atoms. The van der Waals surface area contributed by atoms with Gasteiger partial charge in [-0.3, -0.25) is 0 Å². The highest BCUT2D eigenvalue weighted by molar-refractivity contribution is 7.13. The van der Waals surface area contributed by atoms with E-state index < -0.39 is 0 Å². The normalized spacial score (nSPS) is 17.7. The first kappa shape index (κ1) is 10.6. The molecule has 0 aliphatic carbocycles. The van der Waals surface area contributed by atoms with E-state index in [0.29, 0.717) is 10.8 Å². The van der Waals surface area contributed by atoms with Crippen molar-refractivity contribution in [2.24, 2.45) is 0 Å². The zero-order valence-electron chi connectivity index (χ0n) is 8.56. The third-order valence-corrected chi connectivity index (χ3v) is 3.62. The summed E-state index contributed by atoms with van der Waals surface area (Å²) in [6.45, 7) is 1.58. The number of aromatic nitrogens is 1. The SMILES string of the molecule is COC(=O)c1cnc(C2CCOCC2)s1. The zero-order valence-corrected chi connectivity index (χ0v) is 9.38. The van der Waals surface area contributed by atoms with Crippen LogP contribution >= 0.6 is 11.3 Å². The molecule has 0 amide bonds. The fourth-order valence-corrected chi connectivity index (χ4v) is 2.62. The Bertz CT molecular complexity index is 344. The van der Waals surface area contributed by atoms with Gasteiger partial charge >= 0.3 is 5.97 Å². The third kappa shape index (κ3) is 2.35. The molecule has 0 radical (unpaired) electrons. The maximum Gasteiger partial charge on any atom is 0.349 e. The van der Waals surface area contributed by atoms with E-state index in [-0.39, 0.29) is 5.97 Å². The lowest BCUT2D eigenvalue weighted by molar-refractivity contribution is 0.0606. The highest BCUT2D eigenvalue weighted by atomic mass is 32.1. The predicted octanol–water partition coefficient (Wildman–Crippen LogP) is 1.82. The Morgan fingerprint density at radius 1 is 1.60 bits per heavy atom. The molecule has 0 N–H and O–H groups in total. The van der Waals surface area contributed by atoms with Gasteiger partial charge in [0.15, 0.2) is 0 Å². The molecule has 0 bridgehead atoms. The van der Waals surface area contributed by atoms with Crippen LogP contribution in [-0.4, -0.2) is 31.3 Å². The molecular weight excluding hydrogens is 214 g/mol. The first-order valence-corrected chi connectivity index (χ1v) is 5.74. The van der Waals surface area contributed by atoms with E-state index in [4.69, 9.17) is 4.74 Å². The van der Waals surface area contributed by atoms with Crippen molar-refractivity contribution in [3.05, 3.63) is 16.1 Å². The molecule has 1 aromatic heterocycles. The Kier molecular flexibility index (Phi) is 3.33. The fourth-order valence-electron chi connectivity index (χ4n) is 1.62. The molecule has 1 aromatic rings. The number of esters is 1. The third-order valence-electron chi connectivity index (χ3n) is 2.48. The second-order valence-electron chi connectivity index (χ2n) is 3.44. The van der Waals surface area contributed by atoms with Crippen LogP contribution in [0, 0.1) is 0 Å². The smallest absolute Gasteiger partial charge is 0.349 e. The Hall–Kier alpha value is -0.940. The zero-order chi connectivity index (χ0) is 10.7. The van der Waals surface area contributed by atoms with Gasteiger partial charge in [-0.2, -0.15) is 0 Å². The lowest BCUT2D eigenvalue weighted by atomic mass is 10.0. The molecule has 0 atom stereocenters. The van der Waals surface area contributed by atoms with Gasteiger partial charge in [0, 0.05) is 19.1 Å². The van der Waals surface area contributed by atoms with Crippen LogP contribution in [0.3, 0.4) is 0 Å². The van der Waals surface area contributed by atoms with E-state index in [1.807, 2.05) is 0 Å². The first-order chi connectivity index (χ1) is 7.31. The van der Waals surface area contributed by atoms with Crippen molar-refractivity contribution in [1.29, 1.82) is 0 Å². The lowest BCUT2D eigenvalue weighted by Crippen LogP contribution is -2.13. The van der Waals surface area contributed by atoms with Crippen molar-refractivity contribution in [3.63, 3.8) is 0 Å². The second-order valence-corrected chi connectivity index (χ2v) is 4.50. The van der Waals surface area contributed by atoms with Gasteiger partial charge in [-0.25, -0.2) is 9.78 Å². The number of carbonyl (C=O) groups is 1. The molecule has 1 aliphatic rings. The summed E-state index contributed by atoms with van der Waals surface area (Å²) in [6.07, 6.45) is 3.59. The Balaban J connectivity index is 2.08. The number of carbonyl (C=O) groups excluding carboxylic acids is 1. The van der Waals surface area contributed by atoms with E-state index >= 15 is 0 Å². The molecule has 0 aromatic carbocycles. The minimum atomic E-state index is -0.300. The summed E-state index contributed by atoms with van der Waals surface area (Å²) in [5.41, 5.74) is 0. The van der Waals surface area contributed by atoms with E-state index in [1.54, 1.807) is 6.20 Å². The maximum atomic E-state index is 11.2. The molecular formula is C10H13NO3S. The van der Waals surface area contributed by atoms with Crippen LogP contribution in [0.25, 0.3) is 0 Å². The molecule has 0 saturated carbocycles. The van der Waals surface area contributed by atoms with E-state index in [9.17, 15) is 4.79 Å². The quantitative estimate of drug-likeness (QED) is 0.723. The van der Waals surface area contributed by atoms with Crippen molar-refractivity contribution in [3.8, 4) is 0 Å².